The predicted octanol–water partition coefficient (Wildman–Crippen LogP) is 3.04. The van der Waals surface area contributed by atoms with Gasteiger partial charge >= 0.3 is 6.18 Å². The molecule has 88 valence electrons. The first kappa shape index (κ1) is 12.8. The minimum Gasteiger partial charge on any atom is -0.496 e. The van der Waals surface area contributed by atoms with Crippen molar-refractivity contribution < 1.29 is 22.6 Å². The summed E-state index contributed by atoms with van der Waals surface area (Å²) in [6.45, 7) is 0. The maximum Gasteiger partial charge on any atom is 0.419 e. The molecule has 0 atom stereocenters. The van der Waals surface area contributed by atoms with E-state index in [1.807, 2.05) is 0 Å². The summed E-state index contributed by atoms with van der Waals surface area (Å²) < 4.78 is 47.2. The highest BCUT2D eigenvalue weighted by molar-refractivity contribution is 7.80. The molecule has 0 N–H and O–H groups in total. The van der Waals surface area contributed by atoms with Gasteiger partial charge in [0, 0.05) is 5.56 Å². The Kier molecular flexibility index (Phi) is 3.74. The van der Waals surface area contributed by atoms with Gasteiger partial charge in [0.05, 0.1) is 19.8 Å². The quantitative estimate of drug-likeness (QED) is 0.752. The largest absolute Gasteiger partial charge is 0.496 e. The van der Waals surface area contributed by atoms with Crippen LogP contribution in [-0.2, 0) is 10.9 Å². The average Bonchev–Trinajstić information content (AvgIpc) is 2.26. The molecule has 0 unspecified atom stereocenters. The van der Waals surface area contributed by atoms with Gasteiger partial charge in [-0.1, -0.05) is 0 Å². The fourth-order valence-electron chi connectivity index (χ4n) is 1.17. The number of alkyl halides is 3. The number of thiocarbonyl (C=S) groups is 1. The van der Waals surface area contributed by atoms with Crippen LogP contribution in [0.1, 0.15) is 11.1 Å². The molecule has 6 heteroatoms. The van der Waals surface area contributed by atoms with Crippen LogP contribution in [-0.4, -0.2) is 19.3 Å². The highest BCUT2D eigenvalue weighted by Crippen LogP contribution is 2.36. The lowest BCUT2D eigenvalue weighted by atomic mass is 10.1. The summed E-state index contributed by atoms with van der Waals surface area (Å²) in [7, 11) is 2.48. The van der Waals surface area contributed by atoms with Crippen LogP contribution in [0.15, 0.2) is 18.2 Å². The molecule has 16 heavy (non-hydrogen) atoms. The Hall–Kier alpha value is -1.30. The molecule has 1 aromatic carbocycles. The molecule has 0 saturated heterocycles. The second-order valence-corrected chi connectivity index (χ2v) is 3.28. The summed E-state index contributed by atoms with van der Waals surface area (Å²) in [5.41, 5.74) is -0.669. The monoisotopic (exact) mass is 250 g/mol. The zero-order valence-electron chi connectivity index (χ0n) is 8.59. The molecule has 0 bridgehead atoms. The van der Waals surface area contributed by atoms with E-state index in [-0.39, 0.29) is 16.4 Å². The first-order valence-electron chi connectivity index (χ1n) is 4.23. The van der Waals surface area contributed by atoms with Crippen molar-refractivity contribution in [2.24, 2.45) is 0 Å². The summed E-state index contributed by atoms with van der Waals surface area (Å²) in [4.78, 5) is 0. The van der Waals surface area contributed by atoms with Crippen molar-refractivity contribution in [2.45, 2.75) is 6.18 Å². The topological polar surface area (TPSA) is 18.5 Å². The minimum atomic E-state index is -4.48. The minimum absolute atomic E-state index is 0.00755. The number of hydrogen-bond acceptors (Lipinski definition) is 3. The van der Waals surface area contributed by atoms with Crippen molar-refractivity contribution in [3.63, 3.8) is 0 Å². The van der Waals surface area contributed by atoms with Gasteiger partial charge in [0.1, 0.15) is 5.75 Å². The van der Waals surface area contributed by atoms with Crippen molar-refractivity contribution in [2.75, 3.05) is 14.2 Å². The van der Waals surface area contributed by atoms with Gasteiger partial charge in [-0.25, -0.2) is 0 Å². The smallest absolute Gasteiger partial charge is 0.419 e. The van der Waals surface area contributed by atoms with Crippen LogP contribution in [0.4, 0.5) is 13.2 Å². The van der Waals surface area contributed by atoms with E-state index in [0.29, 0.717) is 0 Å². The van der Waals surface area contributed by atoms with Gasteiger partial charge in [-0.2, -0.15) is 13.2 Å². The molecule has 1 aromatic rings. The molecule has 1 rings (SSSR count). The van der Waals surface area contributed by atoms with Crippen LogP contribution in [0.5, 0.6) is 5.75 Å². The Bertz CT molecular complexity index is 402. The number of hydrogen-bond donors (Lipinski definition) is 0. The molecule has 0 spiro atoms. The van der Waals surface area contributed by atoms with Gasteiger partial charge in [-0.3, -0.25) is 0 Å². The van der Waals surface area contributed by atoms with Gasteiger partial charge in [0.2, 0.25) is 0 Å². The molecule has 0 aliphatic heterocycles. The molecule has 0 fully saturated rings. The van der Waals surface area contributed by atoms with E-state index >= 15 is 0 Å². The second-order valence-electron chi connectivity index (χ2n) is 2.90. The van der Waals surface area contributed by atoms with E-state index in [1.54, 1.807) is 0 Å². The van der Waals surface area contributed by atoms with Crippen LogP contribution in [0.3, 0.4) is 0 Å². The molecule has 0 amide bonds. The number of ether oxygens (including phenoxy) is 2. The highest BCUT2D eigenvalue weighted by Gasteiger charge is 2.34. The molecule has 0 heterocycles. The zero-order chi connectivity index (χ0) is 12.3. The Morgan fingerprint density at radius 3 is 2.31 bits per heavy atom. The van der Waals surface area contributed by atoms with Crippen molar-refractivity contribution in [3.8, 4) is 5.75 Å². The first-order chi connectivity index (χ1) is 7.40. The molecular weight excluding hydrogens is 241 g/mol. The average molecular weight is 250 g/mol. The summed E-state index contributed by atoms with van der Waals surface area (Å²) in [6, 6.07) is 3.54. The van der Waals surface area contributed by atoms with E-state index in [0.717, 1.165) is 6.07 Å². The van der Waals surface area contributed by atoms with Gasteiger partial charge in [0.15, 0.2) is 5.05 Å². The molecule has 0 radical (unpaired) electrons. The number of benzene rings is 1. The van der Waals surface area contributed by atoms with E-state index in [9.17, 15) is 13.2 Å². The molecular formula is C10H9F3O2S. The normalized spacial score (nSPS) is 11.1. The van der Waals surface area contributed by atoms with E-state index in [1.165, 1.54) is 26.4 Å². The third-order valence-corrected chi connectivity index (χ3v) is 2.33. The maximum atomic E-state index is 12.6. The van der Waals surface area contributed by atoms with E-state index in [4.69, 9.17) is 17.0 Å². The van der Waals surface area contributed by atoms with Crippen molar-refractivity contribution in [3.05, 3.63) is 29.3 Å². The second kappa shape index (κ2) is 4.69. The Balaban J connectivity index is 3.27. The summed E-state index contributed by atoms with van der Waals surface area (Å²) in [5, 5.41) is 0.00755. The van der Waals surface area contributed by atoms with Crippen LogP contribution < -0.4 is 4.74 Å². The Morgan fingerprint density at radius 1 is 1.25 bits per heavy atom. The van der Waals surface area contributed by atoms with Crippen LogP contribution in [0, 0.1) is 0 Å². The Morgan fingerprint density at radius 2 is 1.88 bits per heavy atom. The Labute approximate surface area is 96.0 Å². The van der Waals surface area contributed by atoms with Crippen LogP contribution >= 0.6 is 12.2 Å². The molecule has 0 saturated carbocycles. The van der Waals surface area contributed by atoms with E-state index in [2.05, 4.69) is 4.74 Å². The number of methoxy groups -OCH3 is 2. The lowest BCUT2D eigenvalue weighted by Gasteiger charge is -2.13. The van der Waals surface area contributed by atoms with Gasteiger partial charge in [0.25, 0.3) is 0 Å². The summed E-state index contributed by atoms with van der Waals surface area (Å²) in [5.74, 6) is -0.241. The predicted molar refractivity (Wildman–Crippen MR) is 56.7 cm³/mol. The standard InChI is InChI=1S/C10H9F3O2S/c1-14-8-4-3-6(9(16)15-2)5-7(8)10(11,12)13/h3-5H,1-2H3. The molecule has 0 aromatic heterocycles. The van der Waals surface area contributed by atoms with Crippen LogP contribution in [0.25, 0.3) is 0 Å². The SMILES string of the molecule is COC(=S)c1ccc(OC)c(C(F)(F)F)c1. The molecule has 2 nitrogen and oxygen atoms in total. The van der Waals surface area contributed by atoms with Gasteiger partial charge in [-0.15, -0.1) is 0 Å². The van der Waals surface area contributed by atoms with Crippen molar-refractivity contribution in [1.82, 2.24) is 0 Å². The van der Waals surface area contributed by atoms with E-state index < -0.39 is 11.7 Å². The summed E-state index contributed by atoms with van der Waals surface area (Å²) >= 11 is 4.75. The van der Waals surface area contributed by atoms with Gasteiger partial charge in [-0.05, 0) is 30.4 Å². The third kappa shape index (κ3) is 2.63. The van der Waals surface area contributed by atoms with Gasteiger partial charge < -0.3 is 9.47 Å². The van der Waals surface area contributed by atoms with Crippen molar-refractivity contribution >= 4 is 17.3 Å². The summed E-state index contributed by atoms with van der Waals surface area (Å²) in [6.07, 6.45) is -4.48. The first-order valence-corrected chi connectivity index (χ1v) is 4.64. The number of halogens is 3. The fraction of sp³-hybridized carbons (Fsp3) is 0.300. The van der Waals surface area contributed by atoms with Crippen LogP contribution in [0.2, 0.25) is 0 Å². The lowest BCUT2D eigenvalue weighted by molar-refractivity contribution is -0.138. The third-order valence-electron chi connectivity index (χ3n) is 1.93. The van der Waals surface area contributed by atoms with Crippen molar-refractivity contribution in [1.29, 1.82) is 0 Å². The maximum absolute atomic E-state index is 12.6. The zero-order valence-corrected chi connectivity index (χ0v) is 9.41. The number of rotatable bonds is 2. The highest BCUT2D eigenvalue weighted by atomic mass is 32.1. The molecule has 0 aliphatic rings. The lowest BCUT2D eigenvalue weighted by Crippen LogP contribution is -2.10. The fourth-order valence-corrected chi connectivity index (χ4v) is 1.30. The molecule has 0 aliphatic carbocycles.